The molecule has 1 aromatic carbocycles. The van der Waals surface area contributed by atoms with Crippen molar-refractivity contribution >= 4 is 15.6 Å². The SMILES string of the molecule is CCc1c(CNS(C)(=O)=O)cccc1C1=C/C(=C(\C)Cc2n[nH]c(=O)c3c2CCCC3)CC=C1F. The van der Waals surface area contributed by atoms with Gasteiger partial charge in [-0.2, -0.15) is 5.10 Å². The molecular weight excluding hydrogens is 465 g/mol. The lowest BCUT2D eigenvalue weighted by Crippen LogP contribution is -2.23. The van der Waals surface area contributed by atoms with Crippen LogP contribution in [0.4, 0.5) is 4.39 Å². The number of H-pyrrole nitrogens is 1. The molecule has 2 N–H and O–H groups in total. The Kier molecular flexibility index (Phi) is 7.52. The summed E-state index contributed by atoms with van der Waals surface area (Å²) in [6, 6.07) is 5.60. The summed E-state index contributed by atoms with van der Waals surface area (Å²) in [5, 5.41) is 7.02. The average molecular weight is 498 g/mol. The quantitative estimate of drug-likeness (QED) is 0.591. The van der Waals surface area contributed by atoms with E-state index >= 15 is 4.39 Å². The minimum absolute atomic E-state index is 0.0871. The maximum Gasteiger partial charge on any atom is 0.267 e. The Morgan fingerprint density at radius 2 is 1.94 bits per heavy atom. The van der Waals surface area contributed by atoms with Crippen molar-refractivity contribution < 1.29 is 12.8 Å². The Morgan fingerprint density at radius 1 is 1.20 bits per heavy atom. The van der Waals surface area contributed by atoms with Crippen molar-refractivity contribution in [2.75, 3.05) is 6.26 Å². The molecule has 0 spiro atoms. The van der Waals surface area contributed by atoms with Gasteiger partial charge in [0.1, 0.15) is 5.83 Å². The zero-order valence-electron chi connectivity index (χ0n) is 20.5. The lowest BCUT2D eigenvalue weighted by atomic mass is 9.86. The van der Waals surface area contributed by atoms with Gasteiger partial charge in [0.05, 0.1) is 11.9 Å². The van der Waals surface area contributed by atoms with E-state index in [9.17, 15) is 13.2 Å². The smallest absolute Gasteiger partial charge is 0.267 e. The van der Waals surface area contributed by atoms with E-state index < -0.39 is 10.0 Å². The average Bonchev–Trinajstić information content (AvgIpc) is 2.84. The highest BCUT2D eigenvalue weighted by atomic mass is 32.2. The molecule has 1 heterocycles. The topological polar surface area (TPSA) is 91.9 Å². The number of halogens is 1. The van der Waals surface area contributed by atoms with E-state index in [1.807, 2.05) is 38.1 Å². The number of aromatic nitrogens is 2. The molecule has 0 amide bonds. The molecule has 8 heteroatoms. The fourth-order valence-electron chi connectivity index (χ4n) is 5.03. The van der Waals surface area contributed by atoms with Gasteiger partial charge in [-0.3, -0.25) is 4.79 Å². The van der Waals surface area contributed by atoms with Crippen LogP contribution in [-0.4, -0.2) is 24.9 Å². The highest BCUT2D eigenvalue weighted by Gasteiger charge is 2.21. The summed E-state index contributed by atoms with van der Waals surface area (Å²) < 4.78 is 40.8. The Hall–Kier alpha value is -2.84. The van der Waals surface area contributed by atoms with Crippen molar-refractivity contribution in [1.82, 2.24) is 14.9 Å². The summed E-state index contributed by atoms with van der Waals surface area (Å²) in [7, 11) is -3.34. The number of fused-ring (bicyclic) bond motifs is 1. The van der Waals surface area contributed by atoms with Gasteiger partial charge in [-0.15, -0.1) is 0 Å². The molecule has 186 valence electrons. The second kappa shape index (κ2) is 10.4. The lowest BCUT2D eigenvalue weighted by Gasteiger charge is -2.21. The van der Waals surface area contributed by atoms with E-state index in [2.05, 4.69) is 14.9 Å². The molecule has 0 bridgehead atoms. The second-order valence-corrected chi connectivity index (χ2v) is 11.2. The second-order valence-electron chi connectivity index (χ2n) is 9.35. The zero-order valence-corrected chi connectivity index (χ0v) is 21.3. The maximum absolute atomic E-state index is 15.1. The number of hydrogen-bond donors (Lipinski definition) is 2. The summed E-state index contributed by atoms with van der Waals surface area (Å²) in [5.41, 5.74) is 7.91. The molecule has 1 aromatic heterocycles. The first kappa shape index (κ1) is 25.3. The van der Waals surface area contributed by atoms with Crippen molar-refractivity contribution in [2.45, 2.75) is 65.3 Å². The number of aromatic amines is 1. The van der Waals surface area contributed by atoms with Gasteiger partial charge in [0.25, 0.3) is 5.56 Å². The first-order chi connectivity index (χ1) is 16.7. The Labute approximate surface area is 206 Å². The highest BCUT2D eigenvalue weighted by Crippen LogP contribution is 2.36. The summed E-state index contributed by atoms with van der Waals surface area (Å²) in [5.74, 6) is -0.274. The van der Waals surface area contributed by atoms with Gasteiger partial charge < -0.3 is 0 Å². The number of nitrogens with one attached hydrogen (secondary N) is 2. The van der Waals surface area contributed by atoms with Gasteiger partial charge in [0.15, 0.2) is 0 Å². The van der Waals surface area contributed by atoms with Crippen molar-refractivity contribution in [3.8, 4) is 0 Å². The summed E-state index contributed by atoms with van der Waals surface area (Å²) in [4.78, 5) is 12.2. The number of sulfonamides is 1. The molecular formula is C27H32FN3O3S. The maximum atomic E-state index is 15.1. The molecule has 0 unspecified atom stereocenters. The van der Waals surface area contributed by atoms with Gasteiger partial charge in [-0.05, 0) is 85.4 Å². The molecule has 2 aliphatic carbocycles. The standard InChI is InChI=1S/C27H32FN3O3S/c1-4-20-19(16-29-35(3,33)34)8-7-11-21(20)24-15-18(12-13-25(24)28)17(2)14-26-22-9-5-6-10-23(22)27(32)31-30-26/h7-8,11,13,15,29H,4-6,9-10,12,14,16H2,1-3H3,(H,31,32)/b18-17+. The van der Waals surface area contributed by atoms with Crippen molar-refractivity contribution in [3.05, 3.63) is 91.2 Å². The molecule has 0 fully saturated rings. The van der Waals surface area contributed by atoms with Gasteiger partial charge in [0, 0.05) is 24.1 Å². The van der Waals surface area contributed by atoms with Crippen LogP contribution < -0.4 is 10.3 Å². The highest BCUT2D eigenvalue weighted by molar-refractivity contribution is 7.88. The Bertz CT molecular complexity index is 1400. The first-order valence-corrected chi connectivity index (χ1v) is 14.0. The molecule has 2 aliphatic rings. The van der Waals surface area contributed by atoms with Crippen LogP contribution in [0.5, 0.6) is 0 Å². The van der Waals surface area contributed by atoms with Crippen LogP contribution in [0.1, 0.15) is 66.6 Å². The molecule has 6 nitrogen and oxygen atoms in total. The van der Waals surface area contributed by atoms with Crippen LogP contribution in [0.15, 0.2) is 52.1 Å². The summed E-state index contributed by atoms with van der Waals surface area (Å²) in [6.07, 6.45) is 10.1. The molecule has 0 saturated carbocycles. The monoisotopic (exact) mass is 497 g/mol. The van der Waals surface area contributed by atoms with Gasteiger partial charge >= 0.3 is 0 Å². The van der Waals surface area contributed by atoms with Crippen molar-refractivity contribution in [2.24, 2.45) is 0 Å². The molecule has 0 aliphatic heterocycles. The van der Waals surface area contributed by atoms with E-state index in [4.69, 9.17) is 0 Å². The molecule has 0 radical (unpaired) electrons. The number of rotatable bonds is 7. The number of nitrogens with zero attached hydrogens (tertiary/aromatic N) is 1. The van der Waals surface area contributed by atoms with Crippen LogP contribution in [-0.2, 0) is 42.3 Å². The molecule has 0 atom stereocenters. The lowest BCUT2D eigenvalue weighted by molar-refractivity contribution is 0.587. The van der Waals surface area contributed by atoms with E-state index in [0.717, 1.165) is 76.6 Å². The third-order valence-corrected chi connectivity index (χ3v) is 7.55. The van der Waals surface area contributed by atoms with Crippen LogP contribution in [0.3, 0.4) is 0 Å². The molecule has 0 saturated heterocycles. The minimum Gasteiger partial charge on any atom is -0.268 e. The first-order valence-electron chi connectivity index (χ1n) is 12.1. The van der Waals surface area contributed by atoms with Crippen molar-refractivity contribution in [1.29, 1.82) is 0 Å². The predicted molar refractivity (Wildman–Crippen MR) is 137 cm³/mol. The van der Waals surface area contributed by atoms with Crippen LogP contribution in [0, 0.1) is 0 Å². The third kappa shape index (κ3) is 5.70. The van der Waals surface area contributed by atoms with Gasteiger partial charge in [-0.25, -0.2) is 22.6 Å². The number of allylic oxidation sites excluding steroid dienone is 6. The Morgan fingerprint density at radius 3 is 2.66 bits per heavy atom. The number of hydrogen-bond acceptors (Lipinski definition) is 4. The van der Waals surface area contributed by atoms with E-state index in [1.165, 1.54) is 0 Å². The fourth-order valence-corrected chi connectivity index (χ4v) is 5.45. The molecule has 4 rings (SSSR count). The zero-order chi connectivity index (χ0) is 25.2. The van der Waals surface area contributed by atoms with Crippen LogP contribution in [0.25, 0.3) is 5.57 Å². The van der Waals surface area contributed by atoms with Gasteiger partial charge in [0.2, 0.25) is 10.0 Å². The third-order valence-electron chi connectivity index (χ3n) is 6.88. The van der Waals surface area contributed by atoms with Gasteiger partial charge in [-0.1, -0.05) is 30.7 Å². The molecule has 2 aromatic rings. The van der Waals surface area contributed by atoms with E-state index in [1.54, 1.807) is 6.08 Å². The minimum atomic E-state index is -3.34. The predicted octanol–water partition coefficient (Wildman–Crippen LogP) is 4.46. The van der Waals surface area contributed by atoms with Crippen LogP contribution >= 0.6 is 0 Å². The summed E-state index contributed by atoms with van der Waals surface area (Å²) >= 11 is 0. The van der Waals surface area contributed by atoms with Crippen LogP contribution in [0.2, 0.25) is 0 Å². The fraction of sp³-hybridized carbons (Fsp3) is 0.407. The summed E-state index contributed by atoms with van der Waals surface area (Å²) in [6.45, 7) is 4.19. The molecule has 35 heavy (non-hydrogen) atoms. The number of benzene rings is 1. The largest absolute Gasteiger partial charge is 0.268 e. The van der Waals surface area contributed by atoms with E-state index in [0.29, 0.717) is 24.8 Å². The van der Waals surface area contributed by atoms with E-state index in [-0.39, 0.29) is 17.9 Å². The Balaban J connectivity index is 1.70. The normalized spacial score (nSPS) is 17.5. The van der Waals surface area contributed by atoms with Crippen molar-refractivity contribution in [3.63, 3.8) is 0 Å².